The van der Waals surface area contributed by atoms with Gasteiger partial charge in [-0.2, -0.15) is 0 Å². The summed E-state index contributed by atoms with van der Waals surface area (Å²) in [5.41, 5.74) is 5.51. The molecule has 7 nitrogen and oxygen atoms in total. The Balaban J connectivity index is 1.89. The minimum Gasteiger partial charge on any atom is -0.374 e. The van der Waals surface area contributed by atoms with Gasteiger partial charge in [0.15, 0.2) is 0 Å². The Morgan fingerprint density at radius 2 is 2.37 bits per heavy atom. The van der Waals surface area contributed by atoms with Gasteiger partial charge in [-0.15, -0.1) is 21.5 Å². The number of hydrogen-bond acceptors (Lipinski definition) is 7. The average molecular weight is 298 g/mol. The first-order chi connectivity index (χ1) is 9.06. The summed E-state index contributed by atoms with van der Waals surface area (Å²) in [7, 11) is 1.72. The van der Waals surface area contributed by atoms with Gasteiger partial charge in [-0.25, -0.2) is 9.78 Å². The van der Waals surface area contributed by atoms with E-state index in [2.05, 4.69) is 20.5 Å². The first-order valence-corrected chi connectivity index (χ1v) is 7.24. The zero-order valence-corrected chi connectivity index (χ0v) is 12.2. The standard InChI is InChI=1S/C10H14N6OS2/c1-6(8-14-15-9(11)19-8)13-10(17)16(2)5-7-12-3-4-18-7/h3-4,6H,5H2,1-2H3,(H2,11,15)(H,13,17). The van der Waals surface area contributed by atoms with E-state index in [-0.39, 0.29) is 12.1 Å². The molecule has 9 heteroatoms. The van der Waals surface area contributed by atoms with E-state index in [4.69, 9.17) is 5.73 Å². The third-order valence-corrected chi connectivity index (χ3v) is 4.07. The monoisotopic (exact) mass is 298 g/mol. The molecule has 0 saturated carbocycles. The molecule has 1 atom stereocenters. The SMILES string of the molecule is CC(NC(=O)N(C)Cc1nccs1)c1nnc(N)s1. The summed E-state index contributed by atoms with van der Waals surface area (Å²) in [6.07, 6.45) is 1.72. The normalized spacial score (nSPS) is 12.1. The van der Waals surface area contributed by atoms with Crippen LogP contribution in [0.5, 0.6) is 0 Å². The number of carbonyl (C=O) groups excluding carboxylic acids is 1. The van der Waals surface area contributed by atoms with E-state index in [0.717, 1.165) is 5.01 Å². The zero-order valence-electron chi connectivity index (χ0n) is 10.5. The molecule has 2 heterocycles. The highest BCUT2D eigenvalue weighted by Crippen LogP contribution is 2.19. The van der Waals surface area contributed by atoms with Crippen molar-refractivity contribution < 1.29 is 4.79 Å². The van der Waals surface area contributed by atoms with Crippen LogP contribution in [0.25, 0.3) is 0 Å². The summed E-state index contributed by atoms with van der Waals surface area (Å²) in [5.74, 6) is 0. The fraction of sp³-hybridized carbons (Fsp3) is 0.400. The van der Waals surface area contributed by atoms with Crippen LogP contribution >= 0.6 is 22.7 Å². The Labute approximate surface area is 118 Å². The second-order valence-electron chi connectivity index (χ2n) is 3.93. The maximum atomic E-state index is 12.0. The van der Waals surface area contributed by atoms with Crippen molar-refractivity contribution >= 4 is 33.8 Å². The van der Waals surface area contributed by atoms with Crippen LogP contribution < -0.4 is 11.1 Å². The number of urea groups is 1. The van der Waals surface area contributed by atoms with E-state index in [1.165, 1.54) is 22.7 Å². The number of hydrogen-bond donors (Lipinski definition) is 2. The van der Waals surface area contributed by atoms with E-state index in [0.29, 0.717) is 16.7 Å². The Hall–Kier alpha value is -1.74. The molecule has 0 aliphatic rings. The quantitative estimate of drug-likeness (QED) is 0.891. The van der Waals surface area contributed by atoms with Crippen LogP contribution in [0.1, 0.15) is 23.0 Å². The lowest BCUT2D eigenvalue weighted by Gasteiger charge is -2.19. The molecule has 0 aromatic carbocycles. The minimum atomic E-state index is -0.221. The van der Waals surface area contributed by atoms with Gasteiger partial charge < -0.3 is 16.0 Å². The number of rotatable bonds is 4. The van der Waals surface area contributed by atoms with Crippen molar-refractivity contribution in [1.82, 2.24) is 25.4 Å². The molecule has 2 rings (SSSR count). The molecular weight excluding hydrogens is 284 g/mol. The fourth-order valence-corrected chi connectivity index (χ4v) is 2.67. The van der Waals surface area contributed by atoms with Crippen molar-refractivity contribution in [2.24, 2.45) is 0 Å². The number of aromatic nitrogens is 3. The number of nitrogens with two attached hydrogens (primary N) is 1. The Bertz CT molecular complexity index is 540. The van der Waals surface area contributed by atoms with Crippen molar-refractivity contribution in [2.75, 3.05) is 12.8 Å². The van der Waals surface area contributed by atoms with Gasteiger partial charge in [0.05, 0.1) is 12.6 Å². The Morgan fingerprint density at radius 1 is 1.58 bits per heavy atom. The molecule has 2 aromatic rings. The van der Waals surface area contributed by atoms with Crippen LogP contribution in [0, 0.1) is 0 Å². The molecule has 0 bridgehead atoms. The molecule has 19 heavy (non-hydrogen) atoms. The summed E-state index contributed by atoms with van der Waals surface area (Å²) in [6.45, 7) is 2.32. The number of nitrogens with one attached hydrogen (secondary N) is 1. The third kappa shape index (κ3) is 3.61. The number of thiazole rings is 1. The third-order valence-electron chi connectivity index (χ3n) is 2.37. The largest absolute Gasteiger partial charge is 0.374 e. The van der Waals surface area contributed by atoms with Gasteiger partial charge in [-0.1, -0.05) is 11.3 Å². The molecule has 2 aromatic heterocycles. The van der Waals surface area contributed by atoms with Crippen LogP contribution in [0.3, 0.4) is 0 Å². The molecule has 0 aliphatic heterocycles. The molecule has 0 fully saturated rings. The maximum absolute atomic E-state index is 12.0. The minimum absolute atomic E-state index is 0.184. The van der Waals surface area contributed by atoms with Crippen LogP contribution in [0.4, 0.5) is 9.93 Å². The summed E-state index contributed by atoms with van der Waals surface area (Å²) in [4.78, 5) is 17.7. The van der Waals surface area contributed by atoms with Crippen LogP contribution in [0.2, 0.25) is 0 Å². The van der Waals surface area contributed by atoms with E-state index < -0.39 is 0 Å². The highest BCUT2D eigenvalue weighted by molar-refractivity contribution is 7.15. The van der Waals surface area contributed by atoms with Crippen molar-refractivity contribution in [3.05, 3.63) is 21.6 Å². The van der Waals surface area contributed by atoms with Gasteiger partial charge in [0, 0.05) is 18.6 Å². The van der Waals surface area contributed by atoms with Gasteiger partial charge in [-0.05, 0) is 6.92 Å². The van der Waals surface area contributed by atoms with Gasteiger partial charge >= 0.3 is 6.03 Å². The zero-order chi connectivity index (χ0) is 13.8. The highest BCUT2D eigenvalue weighted by atomic mass is 32.1. The molecule has 1 unspecified atom stereocenters. The first kappa shape index (κ1) is 13.7. The maximum Gasteiger partial charge on any atom is 0.318 e. The van der Waals surface area contributed by atoms with Gasteiger partial charge in [0.25, 0.3) is 0 Å². The molecule has 0 saturated heterocycles. The number of nitrogen functional groups attached to an aromatic ring is 1. The predicted octanol–water partition coefficient (Wildman–Crippen LogP) is 1.48. The summed E-state index contributed by atoms with van der Waals surface area (Å²) in [6, 6.07) is -0.405. The predicted molar refractivity (Wildman–Crippen MR) is 74.8 cm³/mol. The average Bonchev–Trinajstić information content (AvgIpc) is 3.00. The summed E-state index contributed by atoms with van der Waals surface area (Å²) < 4.78 is 0. The molecule has 2 amide bonds. The Kier molecular flexibility index (Phi) is 4.27. The van der Waals surface area contributed by atoms with Crippen LogP contribution in [-0.2, 0) is 6.54 Å². The van der Waals surface area contributed by atoms with Crippen LogP contribution in [0.15, 0.2) is 11.6 Å². The molecule has 0 spiro atoms. The Morgan fingerprint density at radius 3 is 2.95 bits per heavy atom. The second kappa shape index (κ2) is 5.93. The van der Waals surface area contributed by atoms with Crippen molar-refractivity contribution in [2.45, 2.75) is 19.5 Å². The van der Waals surface area contributed by atoms with Gasteiger partial charge in [0.2, 0.25) is 5.13 Å². The summed E-state index contributed by atoms with van der Waals surface area (Å²) >= 11 is 2.78. The molecule has 0 radical (unpaired) electrons. The number of carbonyl (C=O) groups is 1. The van der Waals surface area contributed by atoms with E-state index >= 15 is 0 Å². The van der Waals surface area contributed by atoms with Crippen molar-refractivity contribution in [3.63, 3.8) is 0 Å². The highest BCUT2D eigenvalue weighted by Gasteiger charge is 2.17. The molecule has 102 valence electrons. The second-order valence-corrected chi connectivity index (χ2v) is 5.95. The number of anilines is 1. The van der Waals surface area contributed by atoms with Crippen molar-refractivity contribution in [3.8, 4) is 0 Å². The van der Waals surface area contributed by atoms with Gasteiger partial charge in [0.1, 0.15) is 10.0 Å². The van der Waals surface area contributed by atoms with Crippen LogP contribution in [-0.4, -0.2) is 33.2 Å². The molecule has 3 N–H and O–H groups in total. The van der Waals surface area contributed by atoms with E-state index in [1.807, 2.05) is 12.3 Å². The number of nitrogens with zero attached hydrogens (tertiary/aromatic N) is 4. The molecular formula is C10H14N6OS2. The smallest absolute Gasteiger partial charge is 0.318 e. The number of amides is 2. The lowest BCUT2D eigenvalue weighted by Crippen LogP contribution is -2.38. The molecule has 0 aliphatic carbocycles. The van der Waals surface area contributed by atoms with E-state index in [9.17, 15) is 4.79 Å². The lowest BCUT2D eigenvalue weighted by atomic mass is 10.3. The topological polar surface area (TPSA) is 97.0 Å². The summed E-state index contributed by atoms with van der Waals surface area (Å²) in [5, 5.41) is 14.3. The van der Waals surface area contributed by atoms with Gasteiger partial charge in [-0.3, -0.25) is 0 Å². The lowest BCUT2D eigenvalue weighted by molar-refractivity contribution is 0.203. The first-order valence-electron chi connectivity index (χ1n) is 5.55. The van der Waals surface area contributed by atoms with E-state index in [1.54, 1.807) is 18.1 Å². The van der Waals surface area contributed by atoms with Crippen molar-refractivity contribution in [1.29, 1.82) is 0 Å². The fourth-order valence-electron chi connectivity index (χ4n) is 1.38.